The van der Waals surface area contributed by atoms with Crippen LogP contribution in [-0.4, -0.2) is 17.5 Å². The molecule has 0 saturated heterocycles. The van der Waals surface area contributed by atoms with Gasteiger partial charge in [0.15, 0.2) is 11.5 Å². The highest BCUT2D eigenvalue weighted by atomic mass is 35.5. The van der Waals surface area contributed by atoms with Crippen LogP contribution in [0.3, 0.4) is 0 Å². The van der Waals surface area contributed by atoms with Crippen molar-refractivity contribution in [3.8, 4) is 17.2 Å². The Hall–Kier alpha value is -2.70. The van der Waals surface area contributed by atoms with Gasteiger partial charge in [0.1, 0.15) is 5.75 Å². The monoisotopic (exact) mass is 410 g/mol. The lowest BCUT2D eigenvalue weighted by molar-refractivity contribution is -0.0187. The number of hydrogen-bond donors (Lipinski definition) is 0. The minimum atomic E-state index is -0.253. The first-order valence-electron chi connectivity index (χ1n) is 9.00. The topological polar surface area (TPSA) is 43.3 Å². The van der Waals surface area contributed by atoms with Crippen LogP contribution >= 0.6 is 22.9 Å². The zero-order valence-electron chi connectivity index (χ0n) is 14.7. The van der Waals surface area contributed by atoms with E-state index in [-0.39, 0.29) is 19.1 Å². The second kappa shape index (κ2) is 6.15. The van der Waals surface area contributed by atoms with Crippen LogP contribution in [0.4, 0.5) is 0 Å². The van der Waals surface area contributed by atoms with E-state index in [1.54, 1.807) is 11.3 Å². The van der Waals surface area contributed by atoms with Gasteiger partial charge >= 0.3 is 0 Å². The molecule has 0 N–H and O–H groups in total. The molecular formula is C21H15ClN2O3S. The number of benzene rings is 2. The molecule has 2 aromatic carbocycles. The van der Waals surface area contributed by atoms with Crippen molar-refractivity contribution in [3.05, 3.63) is 74.9 Å². The Balaban J connectivity index is 1.44. The molecule has 0 saturated carbocycles. The lowest BCUT2D eigenvalue weighted by atomic mass is 9.96. The maximum atomic E-state index is 6.33. The average Bonchev–Trinajstić information content (AvgIpc) is 3.46. The van der Waals surface area contributed by atoms with Crippen LogP contribution < -0.4 is 14.2 Å². The second-order valence-corrected chi connectivity index (χ2v) is 8.14. The van der Waals surface area contributed by atoms with Crippen molar-refractivity contribution in [2.75, 3.05) is 6.79 Å². The van der Waals surface area contributed by atoms with Crippen molar-refractivity contribution >= 4 is 28.6 Å². The first-order valence-corrected chi connectivity index (χ1v) is 10.3. The number of ether oxygens (including phenoxy) is 3. The highest BCUT2D eigenvalue weighted by molar-refractivity contribution is 7.07. The Labute approximate surface area is 170 Å². The van der Waals surface area contributed by atoms with Gasteiger partial charge in [-0.05, 0) is 53.2 Å². The number of fused-ring (bicyclic) bond motifs is 4. The molecule has 3 aliphatic rings. The molecule has 0 bridgehead atoms. The van der Waals surface area contributed by atoms with Crippen LogP contribution in [0.2, 0.25) is 5.02 Å². The van der Waals surface area contributed by atoms with Crippen LogP contribution in [0, 0.1) is 0 Å². The molecule has 1 aromatic heterocycles. The summed E-state index contributed by atoms with van der Waals surface area (Å²) in [5, 5.41) is 11.9. The summed E-state index contributed by atoms with van der Waals surface area (Å²) in [5.41, 5.74) is 4.20. The highest BCUT2D eigenvalue weighted by Gasteiger charge is 2.41. The zero-order chi connectivity index (χ0) is 18.7. The third kappa shape index (κ3) is 2.48. The third-order valence-corrected chi connectivity index (χ3v) is 6.22. The summed E-state index contributed by atoms with van der Waals surface area (Å²) in [6.07, 6.45) is 0.521. The minimum Gasteiger partial charge on any atom is -0.464 e. The molecule has 7 heteroatoms. The molecule has 28 heavy (non-hydrogen) atoms. The maximum Gasteiger partial charge on any atom is 0.231 e. The van der Waals surface area contributed by atoms with E-state index in [1.807, 2.05) is 36.4 Å². The number of hydrazone groups is 1. The number of halogens is 1. The molecule has 0 fully saturated rings. The smallest absolute Gasteiger partial charge is 0.231 e. The van der Waals surface area contributed by atoms with E-state index in [0.29, 0.717) is 5.02 Å². The summed E-state index contributed by atoms with van der Waals surface area (Å²) in [4.78, 5) is 0. The van der Waals surface area contributed by atoms with Gasteiger partial charge in [-0.2, -0.15) is 16.4 Å². The Morgan fingerprint density at radius 1 is 1.04 bits per heavy atom. The van der Waals surface area contributed by atoms with Crippen molar-refractivity contribution in [3.63, 3.8) is 0 Å². The molecule has 0 amide bonds. The molecule has 0 spiro atoms. The van der Waals surface area contributed by atoms with Crippen molar-refractivity contribution < 1.29 is 14.2 Å². The number of nitrogens with zero attached hydrogens (tertiary/aromatic N) is 2. The Kier molecular flexibility index (Phi) is 3.58. The molecule has 3 aliphatic heterocycles. The molecular weight excluding hydrogens is 396 g/mol. The maximum absolute atomic E-state index is 6.33. The third-order valence-electron chi connectivity index (χ3n) is 5.29. The van der Waals surface area contributed by atoms with Gasteiger partial charge in [0.05, 0.1) is 11.8 Å². The van der Waals surface area contributed by atoms with Crippen molar-refractivity contribution in [1.29, 1.82) is 0 Å². The summed E-state index contributed by atoms with van der Waals surface area (Å²) < 4.78 is 17.3. The van der Waals surface area contributed by atoms with Crippen LogP contribution in [-0.2, 0) is 0 Å². The first-order chi connectivity index (χ1) is 13.8. The number of hydrogen-bond acceptors (Lipinski definition) is 6. The van der Waals surface area contributed by atoms with Gasteiger partial charge in [-0.25, -0.2) is 5.01 Å². The van der Waals surface area contributed by atoms with E-state index in [0.717, 1.165) is 46.1 Å². The van der Waals surface area contributed by atoms with E-state index in [9.17, 15) is 0 Å². The van der Waals surface area contributed by atoms with Crippen molar-refractivity contribution in [2.24, 2.45) is 5.10 Å². The SMILES string of the molecule is Clc1ccc2c(c1)[C@H]1CC(c3ccc4c(c3)OCO4)=NN1[C@H](c1ccsc1)O2. The van der Waals surface area contributed by atoms with E-state index in [1.165, 1.54) is 0 Å². The predicted molar refractivity (Wildman–Crippen MR) is 107 cm³/mol. The molecule has 0 radical (unpaired) electrons. The highest BCUT2D eigenvalue weighted by Crippen LogP contribution is 2.48. The van der Waals surface area contributed by atoms with Gasteiger partial charge in [0.2, 0.25) is 13.0 Å². The summed E-state index contributed by atoms with van der Waals surface area (Å²) in [5.74, 6) is 2.40. The predicted octanol–water partition coefficient (Wildman–Crippen LogP) is 5.37. The fraction of sp³-hybridized carbons (Fsp3) is 0.190. The summed E-state index contributed by atoms with van der Waals surface area (Å²) >= 11 is 7.94. The van der Waals surface area contributed by atoms with Crippen LogP contribution in [0.5, 0.6) is 17.2 Å². The Morgan fingerprint density at radius 2 is 1.93 bits per heavy atom. The van der Waals surface area contributed by atoms with Gasteiger partial charge in [-0.15, -0.1) is 0 Å². The van der Waals surface area contributed by atoms with Gasteiger partial charge in [0, 0.05) is 28.1 Å². The fourth-order valence-electron chi connectivity index (χ4n) is 3.94. The molecule has 2 atom stereocenters. The largest absolute Gasteiger partial charge is 0.464 e. The quantitative estimate of drug-likeness (QED) is 0.569. The molecule has 4 heterocycles. The van der Waals surface area contributed by atoms with E-state index in [2.05, 4.69) is 21.8 Å². The number of thiophene rings is 1. The summed E-state index contributed by atoms with van der Waals surface area (Å²) in [7, 11) is 0. The Morgan fingerprint density at radius 3 is 2.82 bits per heavy atom. The van der Waals surface area contributed by atoms with Crippen molar-refractivity contribution in [2.45, 2.75) is 18.7 Å². The lowest BCUT2D eigenvalue weighted by Crippen LogP contribution is -2.33. The Bertz CT molecular complexity index is 1100. The standard InChI is InChI=1S/C21H15ClN2O3S/c22-14-2-4-18-15(8-14)17-9-16(12-1-3-19-20(7-12)26-11-25-19)23-24(17)21(27-18)13-5-6-28-10-13/h1-8,10,17,21H,9,11H2/t17-,21+/m1/s1. The minimum absolute atomic E-state index is 0.0766. The van der Waals surface area contributed by atoms with E-state index in [4.69, 9.17) is 30.9 Å². The van der Waals surface area contributed by atoms with Crippen molar-refractivity contribution in [1.82, 2.24) is 5.01 Å². The zero-order valence-corrected chi connectivity index (χ0v) is 16.2. The van der Waals surface area contributed by atoms with E-state index >= 15 is 0 Å². The second-order valence-electron chi connectivity index (χ2n) is 6.92. The van der Waals surface area contributed by atoms with Crippen LogP contribution in [0.1, 0.15) is 35.4 Å². The molecule has 3 aromatic rings. The van der Waals surface area contributed by atoms with Gasteiger partial charge in [-0.1, -0.05) is 11.6 Å². The van der Waals surface area contributed by atoms with Gasteiger partial charge in [0.25, 0.3) is 0 Å². The summed E-state index contributed by atoms with van der Waals surface area (Å²) in [6.45, 7) is 0.264. The molecule has 140 valence electrons. The normalized spacial score (nSPS) is 21.8. The first kappa shape index (κ1) is 16.3. The molecule has 5 nitrogen and oxygen atoms in total. The number of rotatable bonds is 2. The van der Waals surface area contributed by atoms with Gasteiger partial charge in [-0.3, -0.25) is 0 Å². The van der Waals surface area contributed by atoms with E-state index < -0.39 is 0 Å². The van der Waals surface area contributed by atoms with Crippen LogP contribution in [0.25, 0.3) is 0 Å². The fourth-order valence-corrected chi connectivity index (χ4v) is 4.79. The summed E-state index contributed by atoms with van der Waals surface area (Å²) in [6, 6.07) is 13.9. The van der Waals surface area contributed by atoms with Crippen LogP contribution in [0.15, 0.2) is 58.3 Å². The molecule has 6 rings (SSSR count). The average molecular weight is 411 g/mol. The molecule has 0 aliphatic carbocycles. The lowest BCUT2D eigenvalue weighted by Gasteiger charge is -2.37. The molecule has 0 unspecified atom stereocenters. The van der Waals surface area contributed by atoms with Gasteiger partial charge < -0.3 is 14.2 Å².